The number of ketones is 1. The van der Waals surface area contributed by atoms with Gasteiger partial charge in [0.2, 0.25) is 0 Å². The number of pyridine rings is 1. The Labute approximate surface area is 162 Å². The van der Waals surface area contributed by atoms with E-state index < -0.39 is 5.97 Å². The zero-order valence-electron chi connectivity index (χ0n) is 15.0. The minimum absolute atomic E-state index is 0.237. The van der Waals surface area contributed by atoms with Gasteiger partial charge in [0.05, 0.1) is 5.52 Å². The molecule has 0 fully saturated rings. The van der Waals surface area contributed by atoms with Gasteiger partial charge in [-0.25, -0.2) is 4.79 Å². The molecule has 0 aliphatic carbocycles. The molecule has 4 rings (SSSR count). The van der Waals surface area contributed by atoms with Crippen LogP contribution in [-0.4, -0.2) is 23.3 Å². The summed E-state index contributed by atoms with van der Waals surface area (Å²) in [7, 11) is 0. The molecule has 4 heteroatoms. The molecule has 1 aromatic heterocycles. The number of hydrogen-bond donors (Lipinski definition) is 0. The third-order valence-corrected chi connectivity index (χ3v) is 4.48. The van der Waals surface area contributed by atoms with Gasteiger partial charge >= 0.3 is 5.97 Å². The largest absolute Gasteiger partial charge is 0.454 e. The predicted molar refractivity (Wildman–Crippen MR) is 110 cm³/mol. The Morgan fingerprint density at radius 3 is 2.54 bits per heavy atom. The maximum Gasteiger partial charge on any atom is 0.331 e. The Hall–Kier alpha value is -3.79. The summed E-state index contributed by atoms with van der Waals surface area (Å²) >= 11 is 0. The monoisotopic (exact) mass is 367 g/mol. The number of rotatable bonds is 5. The number of Topliss-reactive ketones (excluding diaryl/α,β-unsaturated/α-hetero) is 1. The molecule has 0 saturated carbocycles. The molecule has 1 heterocycles. The van der Waals surface area contributed by atoms with E-state index in [4.69, 9.17) is 4.74 Å². The summed E-state index contributed by atoms with van der Waals surface area (Å²) in [4.78, 5) is 28.7. The van der Waals surface area contributed by atoms with Crippen molar-refractivity contribution in [1.29, 1.82) is 0 Å². The zero-order valence-corrected chi connectivity index (χ0v) is 15.0. The fraction of sp³-hybridized carbons (Fsp3) is 0.0417. The van der Waals surface area contributed by atoms with Crippen LogP contribution in [0.5, 0.6) is 0 Å². The molecule has 0 unspecified atom stereocenters. The van der Waals surface area contributed by atoms with Crippen molar-refractivity contribution >= 4 is 39.5 Å². The molecule has 0 radical (unpaired) electrons. The maximum atomic E-state index is 12.3. The van der Waals surface area contributed by atoms with Crippen molar-refractivity contribution in [3.63, 3.8) is 0 Å². The highest BCUT2D eigenvalue weighted by Gasteiger charge is 2.09. The van der Waals surface area contributed by atoms with Crippen LogP contribution in [0.25, 0.3) is 27.8 Å². The van der Waals surface area contributed by atoms with Crippen LogP contribution >= 0.6 is 0 Å². The third kappa shape index (κ3) is 3.81. The fourth-order valence-electron chi connectivity index (χ4n) is 3.05. The Balaban J connectivity index is 1.42. The lowest BCUT2D eigenvalue weighted by atomic mass is 10.0. The van der Waals surface area contributed by atoms with Crippen molar-refractivity contribution in [1.82, 2.24) is 4.98 Å². The number of hydrogen-bond acceptors (Lipinski definition) is 4. The first-order valence-electron chi connectivity index (χ1n) is 8.91. The number of nitrogens with zero attached hydrogens (tertiary/aromatic N) is 1. The van der Waals surface area contributed by atoms with Gasteiger partial charge in [-0.3, -0.25) is 9.78 Å². The number of benzene rings is 3. The van der Waals surface area contributed by atoms with Crippen LogP contribution in [0.4, 0.5) is 0 Å². The second kappa shape index (κ2) is 7.84. The van der Waals surface area contributed by atoms with E-state index in [1.54, 1.807) is 18.3 Å². The minimum Gasteiger partial charge on any atom is -0.454 e. The van der Waals surface area contributed by atoms with Crippen molar-refractivity contribution in [3.05, 3.63) is 96.2 Å². The molecule has 28 heavy (non-hydrogen) atoms. The highest BCUT2D eigenvalue weighted by atomic mass is 16.5. The van der Waals surface area contributed by atoms with E-state index in [2.05, 4.69) is 4.98 Å². The minimum atomic E-state index is -0.568. The highest BCUT2D eigenvalue weighted by Crippen LogP contribution is 2.18. The van der Waals surface area contributed by atoms with E-state index in [9.17, 15) is 9.59 Å². The number of esters is 1. The van der Waals surface area contributed by atoms with Crippen LogP contribution < -0.4 is 0 Å². The van der Waals surface area contributed by atoms with Gasteiger partial charge in [-0.05, 0) is 29.0 Å². The van der Waals surface area contributed by atoms with Gasteiger partial charge in [0.15, 0.2) is 12.4 Å². The lowest BCUT2D eigenvalue weighted by molar-refractivity contribution is -0.136. The van der Waals surface area contributed by atoms with Crippen LogP contribution in [0, 0.1) is 0 Å². The zero-order chi connectivity index (χ0) is 19.3. The summed E-state index contributed by atoms with van der Waals surface area (Å²) in [5.74, 6) is -0.804. The summed E-state index contributed by atoms with van der Waals surface area (Å²) in [5, 5.41) is 3.02. The van der Waals surface area contributed by atoms with E-state index in [-0.39, 0.29) is 12.4 Å². The second-order valence-corrected chi connectivity index (χ2v) is 6.35. The van der Waals surface area contributed by atoms with Crippen LogP contribution in [0.2, 0.25) is 0 Å². The lowest BCUT2D eigenvalue weighted by Gasteiger charge is -2.04. The SMILES string of the molecule is O=C(/C=C/c1cccc2cccnc12)OCC(=O)c1ccc2ccccc2c1. The van der Waals surface area contributed by atoms with Gasteiger partial charge in [-0.1, -0.05) is 60.7 Å². The molecule has 3 aromatic carbocycles. The van der Waals surface area contributed by atoms with Gasteiger partial charge in [-0.2, -0.15) is 0 Å². The first-order valence-corrected chi connectivity index (χ1v) is 8.91. The van der Waals surface area contributed by atoms with E-state index in [0.29, 0.717) is 5.56 Å². The molecule has 0 amide bonds. The van der Waals surface area contributed by atoms with Crippen molar-refractivity contribution in [3.8, 4) is 0 Å². The number of carbonyl (C=O) groups is 2. The Bertz CT molecular complexity index is 1210. The number of carbonyl (C=O) groups excluding carboxylic acids is 2. The average Bonchev–Trinajstić information content (AvgIpc) is 2.75. The molecular weight excluding hydrogens is 350 g/mol. The second-order valence-electron chi connectivity index (χ2n) is 6.35. The molecule has 136 valence electrons. The summed E-state index contributed by atoms with van der Waals surface area (Å²) in [5.41, 5.74) is 2.14. The Morgan fingerprint density at radius 2 is 1.64 bits per heavy atom. The first kappa shape index (κ1) is 17.6. The highest BCUT2D eigenvalue weighted by molar-refractivity contribution is 6.02. The van der Waals surface area contributed by atoms with Gasteiger partial charge < -0.3 is 4.74 Å². The quantitative estimate of drug-likeness (QED) is 0.288. The average molecular weight is 367 g/mol. The lowest BCUT2D eigenvalue weighted by Crippen LogP contribution is -2.12. The van der Waals surface area contributed by atoms with Crippen molar-refractivity contribution < 1.29 is 14.3 Å². The predicted octanol–water partition coefficient (Wildman–Crippen LogP) is 4.83. The molecule has 0 atom stereocenters. The normalized spacial score (nSPS) is 11.1. The topological polar surface area (TPSA) is 56.3 Å². The van der Waals surface area contributed by atoms with Crippen molar-refractivity contribution in [2.45, 2.75) is 0 Å². The number of para-hydroxylation sites is 1. The number of ether oxygens (including phenoxy) is 1. The van der Waals surface area contributed by atoms with E-state index in [1.165, 1.54) is 6.08 Å². The summed E-state index contributed by atoms with van der Waals surface area (Å²) in [6, 6.07) is 22.8. The van der Waals surface area contributed by atoms with Crippen LogP contribution in [0.15, 0.2) is 85.1 Å². The van der Waals surface area contributed by atoms with Crippen molar-refractivity contribution in [2.75, 3.05) is 6.61 Å². The molecule has 0 spiro atoms. The molecule has 0 bridgehead atoms. The van der Waals surface area contributed by atoms with Gasteiger partial charge in [0, 0.05) is 28.8 Å². The molecule has 4 nitrogen and oxygen atoms in total. The summed E-state index contributed by atoms with van der Waals surface area (Å²) in [6.07, 6.45) is 4.68. The maximum absolute atomic E-state index is 12.3. The summed E-state index contributed by atoms with van der Waals surface area (Å²) < 4.78 is 5.11. The fourth-order valence-corrected chi connectivity index (χ4v) is 3.05. The molecule has 4 aromatic rings. The molecule has 0 saturated heterocycles. The number of aromatic nitrogens is 1. The van der Waals surface area contributed by atoms with E-state index in [0.717, 1.165) is 27.2 Å². The Morgan fingerprint density at radius 1 is 0.857 bits per heavy atom. The van der Waals surface area contributed by atoms with Crippen LogP contribution in [-0.2, 0) is 9.53 Å². The molecule has 0 aliphatic heterocycles. The van der Waals surface area contributed by atoms with Crippen LogP contribution in [0.3, 0.4) is 0 Å². The smallest absolute Gasteiger partial charge is 0.331 e. The third-order valence-electron chi connectivity index (χ3n) is 4.48. The molecule has 0 N–H and O–H groups in total. The molecular formula is C24H17NO3. The Kier molecular flexibility index (Phi) is 4.93. The molecule has 0 aliphatic rings. The van der Waals surface area contributed by atoms with Gasteiger partial charge in [-0.15, -0.1) is 0 Å². The van der Waals surface area contributed by atoms with Crippen molar-refractivity contribution in [2.24, 2.45) is 0 Å². The first-order chi connectivity index (χ1) is 13.7. The van der Waals surface area contributed by atoms with Crippen LogP contribution in [0.1, 0.15) is 15.9 Å². The van der Waals surface area contributed by atoms with E-state index >= 15 is 0 Å². The summed E-state index contributed by atoms with van der Waals surface area (Å²) in [6.45, 7) is -0.296. The van der Waals surface area contributed by atoms with E-state index in [1.807, 2.05) is 66.7 Å². The van der Waals surface area contributed by atoms with Gasteiger partial charge in [0.1, 0.15) is 0 Å². The van der Waals surface area contributed by atoms with Gasteiger partial charge in [0.25, 0.3) is 0 Å². The number of fused-ring (bicyclic) bond motifs is 2. The standard InChI is InChI=1S/C24H17NO3/c26-22(21-11-10-17-5-1-2-6-20(17)15-21)16-28-23(27)13-12-19-8-3-7-18-9-4-14-25-24(18)19/h1-15H,16H2/b13-12+.